The molecular formula is C6HCl2F2. The maximum absolute atomic E-state index is 12.4. The molecule has 0 saturated heterocycles. The van der Waals surface area contributed by atoms with Crippen molar-refractivity contribution in [3.63, 3.8) is 0 Å². The molecule has 0 bridgehead atoms. The molecule has 0 saturated carbocycles. The Hall–Kier alpha value is -0.340. The van der Waals surface area contributed by atoms with Gasteiger partial charge >= 0.3 is 0 Å². The van der Waals surface area contributed by atoms with E-state index in [-0.39, 0.29) is 5.02 Å². The number of hydrogen-bond donors (Lipinski definition) is 0. The lowest BCUT2D eigenvalue weighted by Crippen LogP contribution is -1.84. The van der Waals surface area contributed by atoms with Crippen LogP contribution in [0, 0.1) is 17.7 Å². The van der Waals surface area contributed by atoms with Gasteiger partial charge in [0, 0.05) is 6.07 Å². The van der Waals surface area contributed by atoms with Crippen LogP contribution < -0.4 is 0 Å². The van der Waals surface area contributed by atoms with Gasteiger partial charge in [0.15, 0.2) is 11.6 Å². The van der Waals surface area contributed by atoms with Crippen molar-refractivity contribution in [3.8, 4) is 0 Å². The first-order chi connectivity index (χ1) is 4.63. The fourth-order valence-corrected chi connectivity index (χ4v) is 0.730. The number of halogens is 4. The summed E-state index contributed by atoms with van der Waals surface area (Å²) in [5.74, 6) is -2.27. The zero-order chi connectivity index (χ0) is 7.72. The van der Waals surface area contributed by atoms with Crippen molar-refractivity contribution in [2.24, 2.45) is 0 Å². The molecule has 53 valence electrons. The van der Waals surface area contributed by atoms with Crippen LogP contribution >= 0.6 is 23.2 Å². The number of benzene rings is 1. The molecule has 0 amide bonds. The molecule has 0 aromatic heterocycles. The number of rotatable bonds is 0. The minimum Gasteiger partial charge on any atom is -0.203 e. The lowest BCUT2D eigenvalue weighted by Gasteiger charge is -1.95. The molecule has 1 aromatic carbocycles. The third-order valence-corrected chi connectivity index (χ3v) is 1.69. The second-order valence-corrected chi connectivity index (χ2v) is 2.36. The van der Waals surface area contributed by atoms with Gasteiger partial charge in [0.25, 0.3) is 0 Å². The molecule has 1 rings (SSSR count). The molecule has 0 aliphatic heterocycles. The molecule has 1 aromatic rings. The van der Waals surface area contributed by atoms with E-state index >= 15 is 0 Å². The first-order valence-corrected chi connectivity index (χ1v) is 3.09. The lowest BCUT2D eigenvalue weighted by atomic mass is 10.3. The van der Waals surface area contributed by atoms with E-state index in [1.54, 1.807) is 0 Å². The summed E-state index contributed by atoms with van der Waals surface area (Å²) in [5.41, 5.74) is 0. The molecular weight excluding hydrogens is 181 g/mol. The summed E-state index contributed by atoms with van der Waals surface area (Å²) in [6.45, 7) is 0. The fraction of sp³-hybridized carbons (Fsp3) is 0. The van der Waals surface area contributed by atoms with Gasteiger partial charge < -0.3 is 0 Å². The minimum absolute atomic E-state index is 0.0411. The molecule has 0 N–H and O–H groups in total. The monoisotopic (exact) mass is 181 g/mol. The standard InChI is InChI=1S/C6HCl2F2/c7-3-1-2-4(9)6(10)5(3)8/h1H. The average molecular weight is 182 g/mol. The van der Waals surface area contributed by atoms with Crippen molar-refractivity contribution in [2.75, 3.05) is 0 Å². The Balaban J connectivity index is 3.34. The van der Waals surface area contributed by atoms with Gasteiger partial charge in [-0.2, -0.15) is 0 Å². The second kappa shape index (κ2) is 2.72. The van der Waals surface area contributed by atoms with E-state index in [9.17, 15) is 8.78 Å². The Morgan fingerprint density at radius 1 is 1.30 bits per heavy atom. The highest BCUT2D eigenvalue weighted by Crippen LogP contribution is 2.25. The Morgan fingerprint density at radius 3 is 2.40 bits per heavy atom. The molecule has 0 spiro atoms. The Kier molecular flexibility index (Phi) is 2.11. The van der Waals surface area contributed by atoms with Crippen LogP contribution in [0.2, 0.25) is 10.0 Å². The van der Waals surface area contributed by atoms with Crippen LogP contribution in [0.25, 0.3) is 0 Å². The van der Waals surface area contributed by atoms with Gasteiger partial charge in [0.1, 0.15) is 0 Å². The van der Waals surface area contributed by atoms with Crippen molar-refractivity contribution in [3.05, 3.63) is 33.8 Å². The summed E-state index contributed by atoms with van der Waals surface area (Å²) in [7, 11) is 0. The summed E-state index contributed by atoms with van der Waals surface area (Å²) in [6.07, 6.45) is 0. The zero-order valence-corrected chi connectivity index (χ0v) is 6.10. The van der Waals surface area contributed by atoms with Gasteiger partial charge in [0.2, 0.25) is 0 Å². The molecule has 0 unspecified atom stereocenters. The van der Waals surface area contributed by atoms with E-state index in [2.05, 4.69) is 0 Å². The van der Waals surface area contributed by atoms with E-state index in [1.165, 1.54) is 0 Å². The van der Waals surface area contributed by atoms with Crippen LogP contribution in [0.4, 0.5) is 8.78 Å². The van der Waals surface area contributed by atoms with Crippen molar-refractivity contribution >= 4 is 23.2 Å². The molecule has 0 atom stereocenters. The van der Waals surface area contributed by atoms with Crippen molar-refractivity contribution in [2.45, 2.75) is 0 Å². The largest absolute Gasteiger partial charge is 0.203 e. The number of hydrogen-bond acceptors (Lipinski definition) is 0. The van der Waals surface area contributed by atoms with Crippen LogP contribution in [-0.2, 0) is 0 Å². The zero-order valence-electron chi connectivity index (χ0n) is 4.59. The predicted molar refractivity (Wildman–Crippen MR) is 35.2 cm³/mol. The van der Waals surface area contributed by atoms with Crippen LogP contribution in [-0.4, -0.2) is 0 Å². The van der Waals surface area contributed by atoms with E-state index in [1.807, 2.05) is 6.07 Å². The quantitative estimate of drug-likeness (QED) is 0.427. The molecule has 0 heterocycles. The minimum atomic E-state index is -1.16. The molecule has 1 radical (unpaired) electrons. The highest BCUT2D eigenvalue weighted by molar-refractivity contribution is 6.42. The summed E-state index contributed by atoms with van der Waals surface area (Å²) in [5, 5.41) is -0.446. The van der Waals surface area contributed by atoms with Crippen LogP contribution in [0.15, 0.2) is 6.07 Å². The van der Waals surface area contributed by atoms with Gasteiger partial charge in [-0.3, -0.25) is 0 Å². The van der Waals surface area contributed by atoms with Gasteiger partial charge in [-0.05, 0) is 6.07 Å². The summed E-state index contributed by atoms with van der Waals surface area (Å²) in [6, 6.07) is 3.02. The highest BCUT2D eigenvalue weighted by Gasteiger charge is 2.09. The van der Waals surface area contributed by atoms with Crippen molar-refractivity contribution < 1.29 is 8.78 Å². The predicted octanol–water partition coefficient (Wildman–Crippen LogP) is 3.07. The first-order valence-electron chi connectivity index (χ1n) is 2.33. The lowest BCUT2D eigenvalue weighted by molar-refractivity contribution is 0.507. The third-order valence-electron chi connectivity index (χ3n) is 0.921. The van der Waals surface area contributed by atoms with Crippen LogP contribution in [0.5, 0.6) is 0 Å². The van der Waals surface area contributed by atoms with Gasteiger partial charge in [-0.25, -0.2) is 8.78 Å². The maximum atomic E-state index is 12.4. The topological polar surface area (TPSA) is 0 Å². The smallest absolute Gasteiger partial charge is 0.179 e. The average Bonchev–Trinajstić information content (AvgIpc) is 1.93. The molecule has 4 heteroatoms. The highest BCUT2D eigenvalue weighted by atomic mass is 35.5. The van der Waals surface area contributed by atoms with E-state index in [0.717, 1.165) is 6.07 Å². The normalized spacial score (nSPS) is 10.0. The van der Waals surface area contributed by atoms with Crippen molar-refractivity contribution in [1.29, 1.82) is 0 Å². The summed E-state index contributed by atoms with van der Waals surface area (Å²) >= 11 is 10.5. The SMILES string of the molecule is Fc1[c]cc(Cl)c(Cl)c1F. The third kappa shape index (κ3) is 1.22. The summed E-state index contributed by atoms with van der Waals surface area (Å²) in [4.78, 5) is 0. The van der Waals surface area contributed by atoms with Gasteiger partial charge in [-0.1, -0.05) is 23.2 Å². The molecule has 0 nitrogen and oxygen atoms in total. The van der Waals surface area contributed by atoms with E-state index in [4.69, 9.17) is 23.2 Å². The Labute approximate surface area is 66.4 Å². The summed E-state index contributed by atoms with van der Waals surface area (Å²) < 4.78 is 24.6. The molecule has 0 aliphatic carbocycles. The van der Waals surface area contributed by atoms with E-state index in [0.29, 0.717) is 0 Å². The first kappa shape index (κ1) is 7.76. The van der Waals surface area contributed by atoms with E-state index < -0.39 is 16.7 Å². The maximum Gasteiger partial charge on any atom is 0.179 e. The van der Waals surface area contributed by atoms with Gasteiger partial charge in [-0.15, -0.1) is 0 Å². The molecule has 0 fully saturated rings. The van der Waals surface area contributed by atoms with Crippen LogP contribution in [0.3, 0.4) is 0 Å². The molecule has 10 heavy (non-hydrogen) atoms. The van der Waals surface area contributed by atoms with Gasteiger partial charge in [0.05, 0.1) is 10.0 Å². The van der Waals surface area contributed by atoms with Crippen LogP contribution in [0.1, 0.15) is 0 Å². The Morgan fingerprint density at radius 2 is 1.90 bits per heavy atom. The Bertz CT molecular complexity index is 233. The van der Waals surface area contributed by atoms with Crippen molar-refractivity contribution in [1.82, 2.24) is 0 Å². The second-order valence-electron chi connectivity index (χ2n) is 1.58. The molecule has 0 aliphatic rings. The fourth-order valence-electron chi connectivity index (χ4n) is 0.455.